The van der Waals surface area contributed by atoms with Crippen molar-refractivity contribution in [2.75, 3.05) is 26.0 Å². The van der Waals surface area contributed by atoms with Crippen molar-refractivity contribution in [2.24, 2.45) is 23.7 Å². The summed E-state index contributed by atoms with van der Waals surface area (Å²) >= 11 is 0. The summed E-state index contributed by atoms with van der Waals surface area (Å²) in [6, 6.07) is 6.11. The second-order valence-electron chi connectivity index (χ2n) is 7.36. The molecule has 1 aromatic carbocycles. The number of fused-ring (bicyclic) bond motifs is 1. The molecule has 1 saturated heterocycles. The standard InChI is InChI=1S/C20H25NO5S/c1-4-26-20(23)18-13(2)8-9-15-11-21(12-17(15)18)19(22)14-6-5-7-16(10-14)27(3,24)25/h5-10,13,15,17-18H,4,11-12H2,1-3H3/t13-,15-,17-,18-/m0/s1. The molecule has 1 amide bonds. The third kappa shape index (κ3) is 3.93. The molecule has 2 aliphatic rings. The summed E-state index contributed by atoms with van der Waals surface area (Å²) in [4.78, 5) is 27.2. The van der Waals surface area contributed by atoms with Gasteiger partial charge in [-0.15, -0.1) is 0 Å². The summed E-state index contributed by atoms with van der Waals surface area (Å²) in [5.74, 6) is -0.492. The highest BCUT2D eigenvalue weighted by Gasteiger charge is 2.46. The highest BCUT2D eigenvalue weighted by Crippen LogP contribution is 2.40. The van der Waals surface area contributed by atoms with Crippen LogP contribution in [0.15, 0.2) is 41.3 Å². The van der Waals surface area contributed by atoms with Crippen molar-refractivity contribution in [3.63, 3.8) is 0 Å². The molecule has 1 fully saturated rings. The Morgan fingerprint density at radius 2 is 1.96 bits per heavy atom. The molecule has 1 aliphatic carbocycles. The Labute approximate surface area is 160 Å². The minimum atomic E-state index is -3.38. The molecule has 3 rings (SSSR count). The molecule has 27 heavy (non-hydrogen) atoms. The van der Waals surface area contributed by atoms with E-state index in [0.29, 0.717) is 25.3 Å². The fraction of sp³-hybridized carbons (Fsp3) is 0.500. The van der Waals surface area contributed by atoms with E-state index in [2.05, 4.69) is 6.08 Å². The number of nitrogens with zero attached hydrogens (tertiary/aromatic N) is 1. The minimum Gasteiger partial charge on any atom is -0.466 e. The highest BCUT2D eigenvalue weighted by molar-refractivity contribution is 7.90. The SMILES string of the molecule is CCOC(=O)[C@@H]1[C@H]2CN(C(=O)c3cccc(S(C)(=O)=O)c3)C[C@@H]2C=C[C@@H]1C. The molecule has 1 aromatic rings. The number of amides is 1. The Hall–Kier alpha value is -2.15. The van der Waals surface area contributed by atoms with Gasteiger partial charge in [-0.25, -0.2) is 8.42 Å². The van der Waals surface area contributed by atoms with E-state index in [9.17, 15) is 18.0 Å². The molecule has 1 aliphatic heterocycles. The minimum absolute atomic E-state index is 0.0195. The van der Waals surface area contributed by atoms with E-state index in [1.807, 2.05) is 13.0 Å². The van der Waals surface area contributed by atoms with Crippen LogP contribution in [0.3, 0.4) is 0 Å². The predicted molar refractivity (Wildman–Crippen MR) is 101 cm³/mol. The lowest BCUT2D eigenvalue weighted by Gasteiger charge is -2.31. The van der Waals surface area contributed by atoms with Gasteiger partial charge >= 0.3 is 5.97 Å². The maximum Gasteiger partial charge on any atom is 0.309 e. The molecule has 0 bridgehead atoms. The number of allylic oxidation sites excluding steroid dienone is 1. The third-order valence-corrected chi connectivity index (χ3v) is 6.57. The molecular formula is C20H25NO5S. The van der Waals surface area contributed by atoms with Gasteiger partial charge in [-0.3, -0.25) is 9.59 Å². The zero-order chi connectivity index (χ0) is 19.8. The van der Waals surface area contributed by atoms with Crippen LogP contribution in [0, 0.1) is 23.7 Å². The van der Waals surface area contributed by atoms with Crippen LogP contribution in [0.5, 0.6) is 0 Å². The first-order valence-electron chi connectivity index (χ1n) is 9.16. The number of esters is 1. The van der Waals surface area contributed by atoms with Gasteiger partial charge in [0.1, 0.15) is 0 Å². The van der Waals surface area contributed by atoms with Gasteiger partial charge in [0.05, 0.1) is 17.4 Å². The Morgan fingerprint density at radius 3 is 2.63 bits per heavy atom. The maximum absolute atomic E-state index is 12.9. The lowest BCUT2D eigenvalue weighted by Crippen LogP contribution is -2.37. The zero-order valence-corrected chi connectivity index (χ0v) is 16.6. The molecular weight excluding hydrogens is 366 g/mol. The Kier molecular flexibility index (Phi) is 5.42. The van der Waals surface area contributed by atoms with Crippen LogP contribution < -0.4 is 0 Å². The van der Waals surface area contributed by atoms with Crippen molar-refractivity contribution in [3.8, 4) is 0 Å². The third-order valence-electron chi connectivity index (χ3n) is 5.46. The molecule has 0 radical (unpaired) electrons. The van der Waals surface area contributed by atoms with Crippen LogP contribution in [0.25, 0.3) is 0 Å². The van der Waals surface area contributed by atoms with E-state index >= 15 is 0 Å². The van der Waals surface area contributed by atoms with Crippen molar-refractivity contribution >= 4 is 21.7 Å². The average Bonchev–Trinajstić information content (AvgIpc) is 3.04. The lowest BCUT2D eigenvalue weighted by atomic mass is 9.72. The van der Waals surface area contributed by atoms with Crippen molar-refractivity contribution in [3.05, 3.63) is 42.0 Å². The van der Waals surface area contributed by atoms with Gasteiger partial charge < -0.3 is 9.64 Å². The lowest BCUT2D eigenvalue weighted by molar-refractivity contribution is -0.152. The molecule has 0 unspecified atom stereocenters. The van der Waals surface area contributed by atoms with Crippen molar-refractivity contribution in [2.45, 2.75) is 18.7 Å². The Morgan fingerprint density at radius 1 is 1.22 bits per heavy atom. The smallest absolute Gasteiger partial charge is 0.309 e. The maximum atomic E-state index is 12.9. The topological polar surface area (TPSA) is 80.8 Å². The van der Waals surface area contributed by atoms with Crippen molar-refractivity contribution < 1.29 is 22.7 Å². The second-order valence-corrected chi connectivity index (χ2v) is 9.38. The van der Waals surface area contributed by atoms with Crippen LogP contribution in [0.4, 0.5) is 0 Å². The van der Waals surface area contributed by atoms with E-state index in [1.54, 1.807) is 24.0 Å². The average molecular weight is 391 g/mol. The summed E-state index contributed by atoms with van der Waals surface area (Å²) < 4.78 is 28.8. The van der Waals surface area contributed by atoms with E-state index in [1.165, 1.54) is 12.1 Å². The summed E-state index contributed by atoms with van der Waals surface area (Å²) in [6.07, 6.45) is 5.24. The number of carbonyl (C=O) groups is 2. The Bertz CT molecular complexity index is 876. The largest absolute Gasteiger partial charge is 0.466 e. The van der Waals surface area contributed by atoms with Crippen LogP contribution in [0.2, 0.25) is 0 Å². The quantitative estimate of drug-likeness (QED) is 0.580. The van der Waals surface area contributed by atoms with Gasteiger partial charge in [0.15, 0.2) is 9.84 Å². The Balaban J connectivity index is 1.82. The molecule has 7 heteroatoms. The number of likely N-dealkylation sites (tertiary alicyclic amines) is 1. The number of sulfone groups is 1. The van der Waals surface area contributed by atoms with E-state index in [0.717, 1.165) is 6.26 Å². The molecule has 4 atom stereocenters. The number of hydrogen-bond donors (Lipinski definition) is 0. The summed E-state index contributed by atoms with van der Waals surface area (Å²) in [5.41, 5.74) is 0.348. The summed E-state index contributed by atoms with van der Waals surface area (Å²) in [7, 11) is -3.38. The zero-order valence-electron chi connectivity index (χ0n) is 15.8. The number of benzene rings is 1. The fourth-order valence-electron chi connectivity index (χ4n) is 4.10. The normalized spacial score (nSPS) is 27.3. The number of rotatable bonds is 4. The highest BCUT2D eigenvalue weighted by atomic mass is 32.2. The van der Waals surface area contributed by atoms with Crippen molar-refractivity contribution in [1.29, 1.82) is 0 Å². The second kappa shape index (κ2) is 7.46. The summed E-state index contributed by atoms with van der Waals surface area (Å²) in [6.45, 7) is 5.10. The van der Waals surface area contributed by atoms with Crippen LogP contribution in [0.1, 0.15) is 24.2 Å². The number of carbonyl (C=O) groups excluding carboxylic acids is 2. The van der Waals surface area contributed by atoms with Gasteiger partial charge in [0, 0.05) is 24.9 Å². The van der Waals surface area contributed by atoms with Crippen LogP contribution in [-0.4, -0.2) is 51.1 Å². The van der Waals surface area contributed by atoms with Crippen LogP contribution >= 0.6 is 0 Å². The first-order chi connectivity index (χ1) is 12.7. The molecule has 0 saturated carbocycles. The van der Waals surface area contributed by atoms with Crippen LogP contribution in [-0.2, 0) is 19.4 Å². The van der Waals surface area contributed by atoms with Crippen molar-refractivity contribution in [1.82, 2.24) is 4.90 Å². The molecule has 6 nitrogen and oxygen atoms in total. The van der Waals surface area contributed by atoms with Gasteiger partial charge in [0.25, 0.3) is 5.91 Å². The fourth-order valence-corrected chi connectivity index (χ4v) is 4.77. The monoisotopic (exact) mass is 391 g/mol. The number of hydrogen-bond acceptors (Lipinski definition) is 5. The van der Waals surface area contributed by atoms with E-state index in [-0.39, 0.29) is 40.4 Å². The van der Waals surface area contributed by atoms with Gasteiger partial charge in [-0.05, 0) is 42.9 Å². The summed E-state index contributed by atoms with van der Waals surface area (Å²) in [5, 5.41) is 0. The van der Waals surface area contributed by atoms with Gasteiger partial charge in [-0.2, -0.15) is 0 Å². The van der Waals surface area contributed by atoms with Gasteiger partial charge in [0.2, 0.25) is 0 Å². The van der Waals surface area contributed by atoms with Gasteiger partial charge in [-0.1, -0.05) is 25.1 Å². The molecule has 1 heterocycles. The first kappa shape index (κ1) is 19.6. The predicted octanol–water partition coefficient (Wildman–Crippen LogP) is 2.16. The van der Waals surface area contributed by atoms with E-state index < -0.39 is 9.84 Å². The molecule has 0 spiro atoms. The number of ether oxygens (including phenoxy) is 1. The molecule has 0 aromatic heterocycles. The van der Waals surface area contributed by atoms with E-state index in [4.69, 9.17) is 4.74 Å². The molecule has 0 N–H and O–H groups in total. The molecule has 146 valence electrons. The first-order valence-corrected chi connectivity index (χ1v) is 11.1.